The molecule has 0 aliphatic carbocycles. The minimum atomic E-state index is -0.0337. The third-order valence-corrected chi connectivity index (χ3v) is 3.43. The molecule has 0 aromatic heterocycles. The number of ether oxygens (including phenoxy) is 2. The lowest BCUT2D eigenvalue weighted by molar-refractivity contribution is -0.130. The molecule has 1 fully saturated rings. The number of carbonyl (C=O) groups excluding carboxylic acids is 1. The maximum atomic E-state index is 12.0. The van der Waals surface area contributed by atoms with Crippen molar-refractivity contribution in [3.05, 3.63) is 43.0 Å². The third kappa shape index (κ3) is 4.10. The monoisotopic (exact) mass is 275 g/mol. The second kappa shape index (κ2) is 7.70. The summed E-state index contributed by atoms with van der Waals surface area (Å²) >= 11 is 0. The van der Waals surface area contributed by atoms with Gasteiger partial charge in [0.2, 0.25) is 5.91 Å². The number of hydrogen-bond donors (Lipinski definition) is 0. The normalized spacial score (nSPS) is 15.6. The van der Waals surface area contributed by atoms with Crippen LogP contribution in [-0.2, 0) is 9.53 Å². The van der Waals surface area contributed by atoms with Crippen LogP contribution in [0.15, 0.2) is 43.0 Å². The molecular formula is C16H21NO3. The minimum Gasteiger partial charge on any atom is -0.492 e. The third-order valence-electron chi connectivity index (χ3n) is 3.43. The molecule has 1 aromatic carbocycles. The van der Waals surface area contributed by atoms with Gasteiger partial charge in [0.1, 0.15) is 12.4 Å². The smallest absolute Gasteiger partial charge is 0.246 e. The van der Waals surface area contributed by atoms with Crippen LogP contribution in [0.2, 0.25) is 0 Å². The van der Waals surface area contributed by atoms with Crippen LogP contribution in [0.4, 0.5) is 0 Å². The second-order valence-electron chi connectivity index (χ2n) is 4.74. The molecule has 1 amide bonds. The Kier molecular flexibility index (Phi) is 5.62. The van der Waals surface area contributed by atoms with E-state index >= 15 is 0 Å². The first-order valence-electron chi connectivity index (χ1n) is 7.00. The first-order valence-corrected chi connectivity index (χ1v) is 7.00. The Hall–Kier alpha value is -1.81. The van der Waals surface area contributed by atoms with Crippen LogP contribution < -0.4 is 4.74 Å². The van der Waals surface area contributed by atoms with Gasteiger partial charge in [-0.3, -0.25) is 4.79 Å². The van der Waals surface area contributed by atoms with E-state index < -0.39 is 0 Å². The fourth-order valence-corrected chi connectivity index (χ4v) is 2.37. The molecule has 4 heteroatoms. The molecule has 0 atom stereocenters. The van der Waals surface area contributed by atoms with Gasteiger partial charge < -0.3 is 14.4 Å². The van der Waals surface area contributed by atoms with E-state index in [9.17, 15) is 4.79 Å². The second-order valence-corrected chi connectivity index (χ2v) is 4.74. The Bertz CT molecular complexity index is 427. The van der Waals surface area contributed by atoms with Crippen molar-refractivity contribution in [2.24, 2.45) is 0 Å². The van der Waals surface area contributed by atoms with Crippen LogP contribution in [0.25, 0.3) is 0 Å². The van der Waals surface area contributed by atoms with Gasteiger partial charge >= 0.3 is 0 Å². The Morgan fingerprint density at radius 2 is 2.05 bits per heavy atom. The van der Waals surface area contributed by atoms with Crippen molar-refractivity contribution in [2.75, 3.05) is 26.4 Å². The van der Waals surface area contributed by atoms with Crippen LogP contribution in [0.5, 0.6) is 5.75 Å². The largest absolute Gasteiger partial charge is 0.492 e. The summed E-state index contributed by atoms with van der Waals surface area (Å²) in [6.07, 6.45) is 3.13. The molecule has 0 spiro atoms. The maximum absolute atomic E-state index is 12.0. The zero-order valence-electron chi connectivity index (χ0n) is 11.7. The van der Waals surface area contributed by atoms with E-state index in [4.69, 9.17) is 9.47 Å². The van der Waals surface area contributed by atoms with E-state index in [0.29, 0.717) is 26.4 Å². The van der Waals surface area contributed by atoms with Gasteiger partial charge in [-0.05, 0) is 31.1 Å². The summed E-state index contributed by atoms with van der Waals surface area (Å²) in [5, 5.41) is 0. The number of para-hydroxylation sites is 1. The molecule has 0 radical (unpaired) electrons. The molecule has 1 aliphatic rings. The molecule has 0 bridgehead atoms. The van der Waals surface area contributed by atoms with Crippen molar-refractivity contribution < 1.29 is 14.3 Å². The predicted molar refractivity (Wildman–Crippen MR) is 77.7 cm³/mol. The van der Waals surface area contributed by atoms with Crippen molar-refractivity contribution >= 4 is 5.91 Å². The Balaban J connectivity index is 1.87. The van der Waals surface area contributed by atoms with Crippen LogP contribution in [0, 0.1) is 0 Å². The number of rotatable bonds is 6. The average Bonchev–Trinajstić information content (AvgIpc) is 2.53. The highest BCUT2D eigenvalue weighted by molar-refractivity contribution is 5.87. The van der Waals surface area contributed by atoms with Crippen LogP contribution in [0.3, 0.4) is 0 Å². The molecule has 0 saturated carbocycles. The molecule has 1 aliphatic heterocycles. The van der Waals surface area contributed by atoms with Crippen LogP contribution in [0.1, 0.15) is 12.8 Å². The van der Waals surface area contributed by atoms with Gasteiger partial charge in [-0.2, -0.15) is 0 Å². The van der Waals surface area contributed by atoms with Gasteiger partial charge in [-0.25, -0.2) is 0 Å². The van der Waals surface area contributed by atoms with Gasteiger partial charge in [0.15, 0.2) is 0 Å². The van der Waals surface area contributed by atoms with Crippen molar-refractivity contribution in [3.63, 3.8) is 0 Å². The van der Waals surface area contributed by atoms with Crippen molar-refractivity contribution in [3.8, 4) is 5.75 Å². The van der Waals surface area contributed by atoms with Crippen molar-refractivity contribution in [1.29, 1.82) is 0 Å². The molecular weight excluding hydrogens is 254 g/mol. The molecule has 1 saturated heterocycles. The molecule has 0 unspecified atom stereocenters. The number of benzene rings is 1. The Labute approximate surface area is 120 Å². The van der Waals surface area contributed by atoms with Crippen molar-refractivity contribution in [1.82, 2.24) is 4.90 Å². The van der Waals surface area contributed by atoms with Gasteiger partial charge in [0.05, 0.1) is 6.54 Å². The predicted octanol–water partition coefficient (Wildman–Crippen LogP) is 2.26. The summed E-state index contributed by atoms with van der Waals surface area (Å²) in [5.41, 5.74) is 0. The Morgan fingerprint density at radius 3 is 2.70 bits per heavy atom. The fourth-order valence-electron chi connectivity index (χ4n) is 2.37. The van der Waals surface area contributed by atoms with E-state index in [1.54, 1.807) is 0 Å². The van der Waals surface area contributed by atoms with E-state index in [1.165, 1.54) is 6.08 Å². The summed E-state index contributed by atoms with van der Waals surface area (Å²) in [5.74, 6) is 0.791. The van der Waals surface area contributed by atoms with E-state index in [-0.39, 0.29) is 11.9 Å². The highest BCUT2D eigenvalue weighted by atomic mass is 16.5. The molecule has 1 heterocycles. The fraction of sp³-hybridized carbons (Fsp3) is 0.438. The highest BCUT2D eigenvalue weighted by Crippen LogP contribution is 2.15. The SMILES string of the molecule is C=CC(=O)N(CCOc1ccccc1)C1CCOCC1. The van der Waals surface area contributed by atoms with Gasteiger partial charge in [0, 0.05) is 19.3 Å². The minimum absolute atomic E-state index is 0.0337. The van der Waals surface area contributed by atoms with Crippen LogP contribution >= 0.6 is 0 Å². The molecule has 1 aromatic rings. The lowest BCUT2D eigenvalue weighted by Gasteiger charge is -2.33. The summed E-state index contributed by atoms with van der Waals surface area (Å²) in [6.45, 7) is 6.07. The average molecular weight is 275 g/mol. The Morgan fingerprint density at radius 1 is 1.35 bits per heavy atom. The number of nitrogens with zero attached hydrogens (tertiary/aromatic N) is 1. The maximum Gasteiger partial charge on any atom is 0.246 e. The van der Waals surface area contributed by atoms with E-state index in [1.807, 2.05) is 35.2 Å². The van der Waals surface area contributed by atoms with Gasteiger partial charge in [-0.15, -0.1) is 0 Å². The summed E-state index contributed by atoms with van der Waals surface area (Å²) in [7, 11) is 0. The zero-order chi connectivity index (χ0) is 14.2. The van der Waals surface area contributed by atoms with E-state index in [0.717, 1.165) is 18.6 Å². The van der Waals surface area contributed by atoms with Crippen LogP contribution in [-0.4, -0.2) is 43.2 Å². The molecule has 0 N–H and O–H groups in total. The first kappa shape index (κ1) is 14.6. The number of carbonyl (C=O) groups is 1. The summed E-state index contributed by atoms with van der Waals surface area (Å²) in [4.78, 5) is 13.8. The first-order chi connectivity index (χ1) is 9.81. The lowest BCUT2D eigenvalue weighted by Crippen LogP contribution is -2.44. The van der Waals surface area contributed by atoms with E-state index in [2.05, 4.69) is 6.58 Å². The topological polar surface area (TPSA) is 38.8 Å². The summed E-state index contributed by atoms with van der Waals surface area (Å²) < 4.78 is 11.0. The lowest BCUT2D eigenvalue weighted by atomic mass is 10.1. The van der Waals surface area contributed by atoms with Gasteiger partial charge in [0.25, 0.3) is 0 Å². The molecule has 108 valence electrons. The quantitative estimate of drug-likeness (QED) is 0.748. The molecule has 20 heavy (non-hydrogen) atoms. The number of hydrogen-bond acceptors (Lipinski definition) is 3. The van der Waals surface area contributed by atoms with Gasteiger partial charge in [-0.1, -0.05) is 24.8 Å². The van der Waals surface area contributed by atoms with Crippen molar-refractivity contribution in [2.45, 2.75) is 18.9 Å². The molecule has 4 nitrogen and oxygen atoms in total. The summed E-state index contributed by atoms with van der Waals surface area (Å²) in [6, 6.07) is 9.86. The highest BCUT2D eigenvalue weighted by Gasteiger charge is 2.24. The standard InChI is InChI=1S/C16H21NO3/c1-2-16(18)17(14-8-11-19-12-9-14)10-13-20-15-6-4-3-5-7-15/h2-7,14H,1,8-13H2. The zero-order valence-corrected chi connectivity index (χ0v) is 11.7. The number of amides is 1. The molecule has 2 rings (SSSR count).